The standard InChI is InChI=1S/C19H16N2O5/c1-24-14-7-12(8-15(9-14)25-2)19(23)21-20-10-13-11-26-17-6-4-3-5-16(17)18(13)22/h3-11H,1-2H3,(H,21,23). The van der Waals surface area contributed by atoms with E-state index in [2.05, 4.69) is 10.5 Å². The molecule has 7 heteroatoms. The molecule has 3 rings (SSSR count). The Morgan fingerprint density at radius 1 is 1.12 bits per heavy atom. The molecule has 0 spiro atoms. The van der Waals surface area contributed by atoms with E-state index in [1.54, 1.807) is 42.5 Å². The molecule has 0 aliphatic heterocycles. The van der Waals surface area contributed by atoms with Gasteiger partial charge in [-0.25, -0.2) is 5.43 Å². The second kappa shape index (κ2) is 7.52. The topological polar surface area (TPSA) is 90.1 Å². The molecule has 2 aromatic carbocycles. The maximum Gasteiger partial charge on any atom is 0.271 e. The van der Waals surface area contributed by atoms with Crippen LogP contribution in [0.3, 0.4) is 0 Å². The minimum absolute atomic E-state index is 0.229. The average Bonchev–Trinajstić information content (AvgIpc) is 2.69. The van der Waals surface area contributed by atoms with E-state index in [0.29, 0.717) is 28.0 Å². The van der Waals surface area contributed by atoms with E-state index in [1.165, 1.54) is 26.7 Å². The third-order valence-electron chi connectivity index (χ3n) is 3.69. The summed E-state index contributed by atoms with van der Waals surface area (Å²) >= 11 is 0. The molecule has 0 aliphatic carbocycles. The van der Waals surface area contributed by atoms with Gasteiger partial charge in [0.2, 0.25) is 5.43 Å². The molecule has 0 bridgehead atoms. The lowest BCUT2D eigenvalue weighted by Gasteiger charge is -2.07. The zero-order valence-electron chi connectivity index (χ0n) is 14.2. The molecule has 1 amide bonds. The first-order valence-electron chi connectivity index (χ1n) is 7.69. The molecule has 0 saturated carbocycles. The summed E-state index contributed by atoms with van der Waals surface area (Å²) in [5.74, 6) is 0.492. The van der Waals surface area contributed by atoms with Crippen molar-refractivity contribution in [1.82, 2.24) is 5.43 Å². The van der Waals surface area contributed by atoms with Crippen molar-refractivity contribution in [2.45, 2.75) is 0 Å². The van der Waals surface area contributed by atoms with Gasteiger partial charge in [-0.1, -0.05) is 12.1 Å². The van der Waals surface area contributed by atoms with Gasteiger partial charge < -0.3 is 13.9 Å². The van der Waals surface area contributed by atoms with Crippen LogP contribution >= 0.6 is 0 Å². The third-order valence-corrected chi connectivity index (χ3v) is 3.69. The van der Waals surface area contributed by atoms with Crippen molar-refractivity contribution in [3.63, 3.8) is 0 Å². The maximum atomic E-state index is 12.3. The molecule has 7 nitrogen and oxygen atoms in total. The fraction of sp³-hybridized carbons (Fsp3) is 0.105. The predicted octanol–water partition coefficient (Wildman–Crippen LogP) is 2.57. The summed E-state index contributed by atoms with van der Waals surface area (Å²) < 4.78 is 15.6. The third kappa shape index (κ3) is 3.56. The number of hydrogen-bond acceptors (Lipinski definition) is 6. The molecular weight excluding hydrogens is 336 g/mol. The van der Waals surface area contributed by atoms with E-state index in [-0.39, 0.29) is 11.0 Å². The highest BCUT2D eigenvalue weighted by molar-refractivity contribution is 5.96. The fourth-order valence-electron chi connectivity index (χ4n) is 2.35. The van der Waals surface area contributed by atoms with Gasteiger partial charge in [0.1, 0.15) is 23.3 Å². The summed E-state index contributed by atoms with van der Waals surface area (Å²) in [6.45, 7) is 0. The van der Waals surface area contributed by atoms with Crippen LogP contribution in [0.2, 0.25) is 0 Å². The van der Waals surface area contributed by atoms with Crippen LogP contribution in [-0.4, -0.2) is 26.3 Å². The Bertz CT molecular complexity index is 1020. The highest BCUT2D eigenvalue weighted by atomic mass is 16.5. The lowest BCUT2D eigenvalue weighted by molar-refractivity contribution is 0.0954. The largest absolute Gasteiger partial charge is 0.497 e. The number of fused-ring (bicyclic) bond motifs is 1. The van der Waals surface area contributed by atoms with Crippen molar-refractivity contribution >= 4 is 23.1 Å². The summed E-state index contributed by atoms with van der Waals surface area (Å²) in [7, 11) is 2.99. The van der Waals surface area contributed by atoms with E-state index < -0.39 is 5.91 Å². The molecule has 132 valence electrons. The van der Waals surface area contributed by atoms with Crippen LogP contribution in [0, 0.1) is 0 Å². The van der Waals surface area contributed by atoms with Gasteiger partial charge in [0.15, 0.2) is 0 Å². The van der Waals surface area contributed by atoms with Crippen LogP contribution in [0.4, 0.5) is 0 Å². The second-order valence-electron chi connectivity index (χ2n) is 5.32. The van der Waals surface area contributed by atoms with Gasteiger partial charge in [-0.15, -0.1) is 0 Å². The molecule has 0 radical (unpaired) electrons. The van der Waals surface area contributed by atoms with Crippen LogP contribution in [-0.2, 0) is 0 Å². The van der Waals surface area contributed by atoms with Gasteiger partial charge >= 0.3 is 0 Å². The van der Waals surface area contributed by atoms with Gasteiger partial charge in [0.25, 0.3) is 5.91 Å². The van der Waals surface area contributed by atoms with Crippen molar-refractivity contribution in [3.8, 4) is 11.5 Å². The molecular formula is C19H16N2O5. The summed E-state index contributed by atoms with van der Waals surface area (Å²) in [6, 6.07) is 11.7. The number of benzene rings is 2. The molecule has 26 heavy (non-hydrogen) atoms. The maximum absolute atomic E-state index is 12.3. The molecule has 0 unspecified atom stereocenters. The SMILES string of the molecule is COc1cc(OC)cc(C(=O)NN=Cc2coc3ccccc3c2=O)c1. The smallest absolute Gasteiger partial charge is 0.271 e. The number of hydrazone groups is 1. The Kier molecular flexibility index (Phi) is 4.98. The molecule has 1 aromatic heterocycles. The first-order valence-corrected chi connectivity index (χ1v) is 7.69. The van der Waals surface area contributed by atoms with E-state index in [0.717, 1.165) is 0 Å². The molecule has 0 aliphatic rings. The Morgan fingerprint density at radius 2 is 1.81 bits per heavy atom. The number of amides is 1. The second-order valence-corrected chi connectivity index (χ2v) is 5.32. The fourth-order valence-corrected chi connectivity index (χ4v) is 2.35. The van der Waals surface area contributed by atoms with Gasteiger partial charge in [-0.05, 0) is 24.3 Å². The average molecular weight is 352 g/mol. The highest BCUT2D eigenvalue weighted by Gasteiger charge is 2.09. The summed E-state index contributed by atoms with van der Waals surface area (Å²) in [5, 5.41) is 4.28. The number of methoxy groups -OCH3 is 2. The molecule has 0 saturated heterocycles. The van der Waals surface area contributed by atoms with Crippen LogP contribution in [0.1, 0.15) is 15.9 Å². The molecule has 3 aromatic rings. The minimum Gasteiger partial charge on any atom is -0.497 e. The Balaban J connectivity index is 1.80. The normalized spacial score (nSPS) is 10.8. The zero-order valence-corrected chi connectivity index (χ0v) is 14.2. The summed E-state index contributed by atoms with van der Waals surface area (Å²) in [5.41, 5.74) is 3.16. The quantitative estimate of drug-likeness (QED) is 0.563. The summed E-state index contributed by atoms with van der Waals surface area (Å²) in [4.78, 5) is 24.6. The lowest BCUT2D eigenvalue weighted by atomic mass is 10.2. The Morgan fingerprint density at radius 3 is 2.50 bits per heavy atom. The van der Waals surface area contributed by atoms with E-state index >= 15 is 0 Å². The van der Waals surface area contributed by atoms with Gasteiger partial charge in [-0.3, -0.25) is 9.59 Å². The number of para-hydroxylation sites is 1. The molecule has 1 heterocycles. The van der Waals surface area contributed by atoms with Crippen LogP contribution in [0.25, 0.3) is 11.0 Å². The zero-order chi connectivity index (χ0) is 18.5. The van der Waals surface area contributed by atoms with Crippen molar-refractivity contribution in [2.24, 2.45) is 5.10 Å². The lowest BCUT2D eigenvalue weighted by Crippen LogP contribution is -2.18. The van der Waals surface area contributed by atoms with Crippen molar-refractivity contribution in [3.05, 3.63) is 70.1 Å². The van der Waals surface area contributed by atoms with Gasteiger partial charge in [0.05, 0.1) is 31.4 Å². The van der Waals surface area contributed by atoms with E-state index in [1.807, 2.05) is 0 Å². The van der Waals surface area contributed by atoms with Crippen molar-refractivity contribution in [1.29, 1.82) is 0 Å². The number of carbonyl (C=O) groups is 1. The number of carbonyl (C=O) groups excluding carboxylic acids is 1. The van der Waals surface area contributed by atoms with Crippen LogP contribution < -0.4 is 20.3 Å². The first-order chi connectivity index (χ1) is 12.6. The van der Waals surface area contributed by atoms with Gasteiger partial charge in [0, 0.05) is 11.6 Å². The number of rotatable bonds is 5. The van der Waals surface area contributed by atoms with Gasteiger partial charge in [-0.2, -0.15) is 5.10 Å². The number of ether oxygens (including phenoxy) is 2. The number of nitrogens with zero attached hydrogens (tertiary/aromatic N) is 1. The highest BCUT2D eigenvalue weighted by Crippen LogP contribution is 2.22. The molecule has 0 atom stereocenters. The Hall–Kier alpha value is -3.61. The van der Waals surface area contributed by atoms with E-state index in [4.69, 9.17) is 13.9 Å². The van der Waals surface area contributed by atoms with Crippen LogP contribution in [0.5, 0.6) is 11.5 Å². The Labute approximate surface area is 148 Å². The predicted molar refractivity (Wildman–Crippen MR) is 97.1 cm³/mol. The monoisotopic (exact) mass is 352 g/mol. The van der Waals surface area contributed by atoms with Crippen LogP contribution in [0.15, 0.2) is 63.0 Å². The molecule has 0 fully saturated rings. The molecule has 1 N–H and O–H groups in total. The van der Waals surface area contributed by atoms with E-state index in [9.17, 15) is 9.59 Å². The van der Waals surface area contributed by atoms with Crippen molar-refractivity contribution in [2.75, 3.05) is 14.2 Å². The first kappa shape index (κ1) is 17.2. The summed E-state index contributed by atoms with van der Waals surface area (Å²) in [6.07, 6.45) is 2.54. The van der Waals surface area contributed by atoms with Crippen molar-refractivity contribution < 1.29 is 18.7 Å². The number of nitrogens with one attached hydrogen (secondary N) is 1. The number of hydrogen-bond donors (Lipinski definition) is 1. The minimum atomic E-state index is -0.469.